The topological polar surface area (TPSA) is 66.0 Å². The van der Waals surface area contributed by atoms with Crippen molar-refractivity contribution in [2.45, 2.75) is 116 Å². The molecule has 1 aromatic rings. The van der Waals surface area contributed by atoms with Gasteiger partial charge in [-0.25, -0.2) is 28.1 Å². The Morgan fingerprint density at radius 1 is 0.500 bits per heavy atom. The summed E-state index contributed by atoms with van der Waals surface area (Å²) >= 11 is 0. The van der Waals surface area contributed by atoms with E-state index in [2.05, 4.69) is 58.9 Å². The first-order valence-corrected chi connectivity index (χ1v) is 22.2. The zero-order valence-electron chi connectivity index (χ0n) is 21.4. The van der Waals surface area contributed by atoms with Gasteiger partial charge in [0.1, 0.15) is 0 Å². The van der Waals surface area contributed by atoms with E-state index in [4.69, 9.17) is 0 Å². The standard InChI is InChI=1S/C21H45N3O3Si3/c1-13-16(28(4,5)6)22-19(25)23(17(14-2)29(7,8)9)21(27)24(20(22)26)18(15-3)30(10,11)12/h16-18H,13-15H2,1-12H3. The highest BCUT2D eigenvalue weighted by molar-refractivity contribution is 6.77. The molecule has 6 nitrogen and oxygen atoms in total. The molecular weight excluding hydrogens is 427 g/mol. The molecule has 1 heterocycles. The molecule has 1 rings (SSSR count). The van der Waals surface area contributed by atoms with Gasteiger partial charge in [0, 0.05) is 17.0 Å². The van der Waals surface area contributed by atoms with Gasteiger partial charge in [-0.05, 0) is 19.3 Å². The van der Waals surface area contributed by atoms with Crippen molar-refractivity contribution in [3.05, 3.63) is 31.5 Å². The Balaban J connectivity index is 4.29. The van der Waals surface area contributed by atoms with Crippen LogP contribution < -0.4 is 17.1 Å². The van der Waals surface area contributed by atoms with Crippen LogP contribution in [0.3, 0.4) is 0 Å². The second-order valence-corrected chi connectivity index (χ2v) is 28.0. The average Bonchev–Trinajstić information content (AvgIpc) is 2.55. The normalized spacial score (nSPS) is 16.4. The number of nitrogens with zero attached hydrogens (tertiary/aromatic N) is 3. The number of hydrogen-bond acceptors (Lipinski definition) is 3. The lowest BCUT2D eigenvalue weighted by Crippen LogP contribution is -2.63. The lowest BCUT2D eigenvalue weighted by atomic mass is 10.4. The van der Waals surface area contributed by atoms with Crippen molar-refractivity contribution in [2.24, 2.45) is 0 Å². The Kier molecular flexibility index (Phi) is 8.38. The van der Waals surface area contributed by atoms with Crippen LogP contribution in [0.15, 0.2) is 14.4 Å². The van der Waals surface area contributed by atoms with E-state index in [1.165, 1.54) is 13.7 Å². The van der Waals surface area contributed by atoms with E-state index in [-0.39, 0.29) is 17.0 Å². The minimum absolute atomic E-state index is 0.131. The maximum absolute atomic E-state index is 13.8. The van der Waals surface area contributed by atoms with Gasteiger partial charge in [0.05, 0.1) is 24.2 Å². The first-order chi connectivity index (χ1) is 13.4. The van der Waals surface area contributed by atoms with Gasteiger partial charge in [0.25, 0.3) is 0 Å². The average molecular weight is 472 g/mol. The van der Waals surface area contributed by atoms with Crippen LogP contribution in [0.4, 0.5) is 0 Å². The Morgan fingerprint density at radius 3 is 0.767 bits per heavy atom. The fourth-order valence-corrected chi connectivity index (χ4v) is 11.6. The van der Waals surface area contributed by atoms with Crippen LogP contribution in [0.1, 0.15) is 57.0 Å². The van der Waals surface area contributed by atoms with E-state index in [0.717, 1.165) is 19.3 Å². The molecule has 9 heteroatoms. The van der Waals surface area contributed by atoms with Crippen molar-refractivity contribution < 1.29 is 0 Å². The zero-order chi connectivity index (χ0) is 23.8. The maximum Gasteiger partial charge on any atom is 0.336 e. The summed E-state index contributed by atoms with van der Waals surface area (Å²) in [5.74, 6) is 0. The summed E-state index contributed by atoms with van der Waals surface area (Å²) in [5, 5.41) is 0. The zero-order valence-corrected chi connectivity index (χ0v) is 24.4. The first-order valence-electron chi connectivity index (χ1n) is 11.4. The summed E-state index contributed by atoms with van der Waals surface area (Å²) in [5.41, 5.74) is -1.57. The largest absolute Gasteiger partial charge is 0.336 e. The van der Waals surface area contributed by atoms with E-state index >= 15 is 0 Å². The van der Waals surface area contributed by atoms with Crippen molar-refractivity contribution in [3.8, 4) is 0 Å². The Labute approximate surface area is 185 Å². The molecule has 0 N–H and O–H groups in total. The molecule has 0 spiro atoms. The highest BCUT2D eigenvalue weighted by atomic mass is 28.3. The van der Waals surface area contributed by atoms with Crippen molar-refractivity contribution >= 4 is 24.2 Å². The molecule has 0 aliphatic rings. The molecule has 0 amide bonds. The lowest BCUT2D eigenvalue weighted by molar-refractivity contribution is 0.401. The van der Waals surface area contributed by atoms with Crippen LogP contribution in [-0.2, 0) is 0 Å². The summed E-state index contributed by atoms with van der Waals surface area (Å²) in [4.78, 5) is 41.4. The van der Waals surface area contributed by atoms with Gasteiger partial charge in [-0.2, -0.15) is 0 Å². The van der Waals surface area contributed by atoms with E-state index in [1.54, 1.807) is 0 Å². The third-order valence-electron chi connectivity index (χ3n) is 6.33. The molecule has 0 radical (unpaired) electrons. The van der Waals surface area contributed by atoms with Crippen LogP contribution >= 0.6 is 0 Å². The minimum atomic E-state index is -1.88. The van der Waals surface area contributed by atoms with Crippen LogP contribution in [0.25, 0.3) is 0 Å². The highest BCUT2D eigenvalue weighted by Crippen LogP contribution is 2.26. The molecule has 0 aliphatic heterocycles. The quantitative estimate of drug-likeness (QED) is 0.492. The summed E-state index contributed by atoms with van der Waals surface area (Å²) in [7, 11) is -5.63. The van der Waals surface area contributed by atoms with E-state index < -0.39 is 41.3 Å². The number of hydrogen-bond donors (Lipinski definition) is 0. The van der Waals surface area contributed by atoms with Gasteiger partial charge < -0.3 is 0 Å². The minimum Gasteiger partial charge on any atom is -0.247 e. The molecular formula is C21H45N3O3Si3. The molecule has 30 heavy (non-hydrogen) atoms. The second-order valence-electron chi connectivity index (χ2n) is 11.8. The Morgan fingerprint density at radius 2 is 0.667 bits per heavy atom. The third kappa shape index (κ3) is 5.27. The van der Waals surface area contributed by atoms with Crippen LogP contribution in [0.2, 0.25) is 58.9 Å². The fourth-order valence-electron chi connectivity index (χ4n) is 4.94. The van der Waals surface area contributed by atoms with Crippen LogP contribution in [-0.4, -0.2) is 37.9 Å². The van der Waals surface area contributed by atoms with Gasteiger partial charge in [-0.15, -0.1) is 0 Å². The van der Waals surface area contributed by atoms with Crippen molar-refractivity contribution in [1.82, 2.24) is 13.7 Å². The Bertz CT molecular complexity index is 762. The van der Waals surface area contributed by atoms with Gasteiger partial charge in [-0.3, -0.25) is 0 Å². The Hall–Kier alpha value is -0.939. The molecule has 0 bridgehead atoms. The van der Waals surface area contributed by atoms with Crippen molar-refractivity contribution in [3.63, 3.8) is 0 Å². The van der Waals surface area contributed by atoms with E-state index in [9.17, 15) is 14.4 Å². The van der Waals surface area contributed by atoms with Crippen LogP contribution in [0, 0.1) is 0 Å². The van der Waals surface area contributed by atoms with Gasteiger partial charge >= 0.3 is 17.1 Å². The van der Waals surface area contributed by atoms with Crippen molar-refractivity contribution in [1.29, 1.82) is 0 Å². The molecule has 0 aliphatic carbocycles. The second kappa shape index (κ2) is 9.28. The molecule has 1 aromatic heterocycles. The smallest absolute Gasteiger partial charge is 0.247 e. The molecule has 174 valence electrons. The summed E-state index contributed by atoms with van der Waals surface area (Å²) < 4.78 is 4.41. The maximum atomic E-state index is 13.8. The molecule has 0 saturated heterocycles. The summed E-state index contributed by atoms with van der Waals surface area (Å²) in [6.45, 7) is 25.9. The highest BCUT2D eigenvalue weighted by Gasteiger charge is 2.38. The summed E-state index contributed by atoms with van der Waals surface area (Å²) in [6.07, 6.45) is 2.16. The lowest BCUT2D eigenvalue weighted by Gasteiger charge is -2.36. The SMILES string of the molecule is CCC(n1c(=O)n(C(CC)[Si](C)(C)C)c(=O)n(C(CC)[Si](C)(C)C)c1=O)[Si](C)(C)C. The van der Waals surface area contributed by atoms with E-state index in [1.807, 2.05) is 20.8 Å². The number of aromatic nitrogens is 3. The van der Waals surface area contributed by atoms with Crippen LogP contribution in [0.5, 0.6) is 0 Å². The third-order valence-corrected chi connectivity index (χ3v) is 14.3. The van der Waals surface area contributed by atoms with Gasteiger partial charge in [0.15, 0.2) is 0 Å². The summed E-state index contributed by atoms with van der Waals surface area (Å²) in [6, 6.07) is 0. The van der Waals surface area contributed by atoms with Gasteiger partial charge in [0.2, 0.25) is 0 Å². The molecule has 3 unspecified atom stereocenters. The molecule has 3 atom stereocenters. The molecule has 0 saturated carbocycles. The van der Waals surface area contributed by atoms with Gasteiger partial charge in [-0.1, -0.05) is 79.7 Å². The first kappa shape index (κ1) is 27.1. The van der Waals surface area contributed by atoms with Crippen molar-refractivity contribution in [2.75, 3.05) is 0 Å². The predicted molar refractivity (Wildman–Crippen MR) is 137 cm³/mol. The molecule has 0 aromatic carbocycles. The monoisotopic (exact) mass is 471 g/mol. The number of rotatable bonds is 9. The molecule has 0 fully saturated rings. The fraction of sp³-hybridized carbons (Fsp3) is 0.857. The predicted octanol–water partition coefficient (Wildman–Crippen LogP) is 4.66. The van der Waals surface area contributed by atoms with E-state index in [0.29, 0.717) is 0 Å².